The Bertz CT molecular complexity index is 1100. The number of carbonyl (C=O) groups is 1. The molecule has 2 aromatic carbocycles. The largest absolute Gasteiger partial charge is 0.419 e. The van der Waals surface area contributed by atoms with Gasteiger partial charge in [-0.3, -0.25) is 9.00 Å². The number of nitrogens with zero attached hydrogens (tertiary/aromatic N) is 1. The molecule has 1 fully saturated rings. The standard InChI is InChI=1S/C23H23F7N2O2S/c1-14(31-20(33)12-35(2)34)15-3-6-17(7-4-15)32-10-9-21(13-32,23(28,29)30)16-5-8-19(24)18(11-16)22(25,26)27/h3-8,11,14H,9-10,12-13H2,1-2H3,(H,31,33). The molecule has 1 saturated heterocycles. The minimum Gasteiger partial charge on any atom is -0.370 e. The molecule has 2 aromatic rings. The van der Waals surface area contributed by atoms with Crippen LogP contribution >= 0.6 is 0 Å². The van der Waals surface area contributed by atoms with E-state index in [1.54, 1.807) is 31.2 Å². The Morgan fingerprint density at radius 1 is 1.11 bits per heavy atom. The summed E-state index contributed by atoms with van der Waals surface area (Å²) in [5.41, 5.74) is -3.88. The first-order valence-electron chi connectivity index (χ1n) is 10.5. The smallest absolute Gasteiger partial charge is 0.370 e. The van der Waals surface area contributed by atoms with Gasteiger partial charge in [-0.1, -0.05) is 18.2 Å². The lowest BCUT2D eigenvalue weighted by molar-refractivity contribution is -0.184. The molecule has 192 valence electrons. The highest BCUT2D eigenvalue weighted by molar-refractivity contribution is 7.85. The van der Waals surface area contributed by atoms with Gasteiger partial charge in [0.1, 0.15) is 17.0 Å². The predicted molar refractivity (Wildman–Crippen MR) is 118 cm³/mol. The topological polar surface area (TPSA) is 49.4 Å². The molecule has 3 unspecified atom stereocenters. The Labute approximate surface area is 200 Å². The number of benzene rings is 2. The van der Waals surface area contributed by atoms with Gasteiger partial charge in [-0.2, -0.15) is 26.3 Å². The Morgan fingerprint density at radius 3 is 2.29 bits per heavy atom. The minimum atomic E-state index is -5.13. The summed E-state index contributed by atoms with van der Waals surface area (Å²) in [5, 5.41) is 2.68. The first-order valence-corrected chi connectivity index (χ1v) is 12.2. The second-order valence-corrected chi connectivity index (χ2v) is 9.98. The van der Waals surface area contributed by atoms with Crippen LogP contribution in [0.5, 0.6) is 0 Å². The summed E-state index contributed by atoms with van der Waals surface area (Å²) in [4.78, 5) is 13.2. The molecule has 1 N–H and O–H groups in total. The number of rotatable bonds is 6. The van der Waals surface area contributed by atoms with E-state index in [0.29, 0.717) is 17.3 Å². The van der Waals surface area contributed by atoms with Crippen LogP contribution < -0.4 is 10.2 Å². The first-order chi connectivity index (χ1) is 16.1. The highest BCUT2D eigenvalue weighted by atomic mass is 32.2. The lowest BCUT2D eigenvalue weighted by Crippen LogP contribution is -2.45. The van der Waals surface area contributed by atoms with Crippen molar-refractivity contribution < 1.29 is 39.7 Å². The number of alkyl halides is 6. The van der Waals surface area contributed by atoms with E-state index in [2.05, 4.69) is 5.32 Å². The quantitative estimate of drug-likeness (QED) is 0.535. The number of nitrogens with one attached hydrogen (secondary N) is 1. The van der Waals surface area contributed by atoms with Crippen molar-refractivity contribution in [2.24, 2.45) is 0 Å². The molecule has 1 heterocycles. The Hall–Kier alpha value is -2.63. The third-order valence-corrected chi connectivity index (χ3v) is 6.78. The van der Waals surface area contributed by atoms with Crippen LogP contribution in [0.3, 0.4) is 0 Å². The summed E-state index contributed by atoms with van der Waals surface area (Å²) in [6.07, 6.45) is -9.10. The Morgan fingerprint density at radius 2 is 1.74 bits per heavy atom. The van der Waals surface area contributed by atoms with Gasteiger partial charge >= 0.3 is 12.4 Å². The van der Waals surface area contributed by atoms with Gasteiger partial charge in [0, 0.05) is 35.8 Å². The molecule has 3 atom stereocenters. The average molecular weight is 525 g/mol. The van der Waals surface area contributed by atoms with Gasteiger partial charge in [0.15, 0.2) is 0 Å². The summed E-state index contributed by atoms with van der Waals surface area (Å²) in [6.45, 7) is 0.988. The first kappa shape index (κ1) is 27.0. The predicted octanol–water partition coefficient (Wildman–Crippen LogP) is 5.11. The molecule has 1 aliphatic heterocycles. The third-order valence-electron chi connectivity index (χ3n) is 6.11. The number of halogens is 7. The van der Waals surface area contributed by atoms with E-state index in [9.17, 15) is 39.7 Å². The van der Waals surface area contributed by atoms with Gasteiger partial charge in [-0.25, -0.2) is 4.39 Å². The third kappa shape index (κ3) is 5.79. The van der Waals surface area contributed by atoms with Crippen molar-refractivity contribution in [2.75, 3.05) is 30.0 Å². The van der Waals surface area contributed by atoms with Gasteiger partial charge < -0.3 is 10.2 Å². The fraction of sp³-hybridized carbons (Fsp3) is 0.435. The summed E-state index contributed by atoms with van der Waals surface area (Å²) in [7, 11) is -1.31. The summed E-state index contributed by atoms with van der Waals surface area (Å²) >= 11 is 0. The molecular formula is C23H23F7N2O2S. The number of hydrogen-bond donors (Lipinski definition) is 1. The van der Waals surface area contributed by atoms with E-state index in [1.807, 2.05) is 0 Å². The SMILES string of the molecule is CC(NC(=O)CS(C)=O)c1ccc(N2CCC(c3ccc(F)c(C(F)(F)F)c3)(C(F)(F)F)C2)cc1. The number of anilines is 1. The van der Waals surface area contributed by atoms with Crippen molar-refractivity contribution in [1.82, 2.24) is 5.32 Å². The van der Waals surface area contributed by atoms with Gasteiger partial charge in [0.25, 0.3) is 0 Å². The molecule has 35 heavy (non-hydrogen) atoms. The number of hydrogen-bond acceptors (Lipinski definition) is 3. The summed E-state index contributed by atoms with van der Waals surface area (Å²) in [6, 6.07) is 7.37. The molecule has 1 amide bonds. The molecule has 0 bridgehead atoms. The fourth-order valence-corrected chi connectivity index (χ4v) is 4.68. The normalized spacial score (nSPS) is 20.5. The van der Waals surface area contributed by atoms with Crippen LogP contribution in [0.1, 0.15) is 36.1 Å². The lowest BCUT2D eigenvalue weighted by Gasteiger charge is -2.33. The second-order valence-electron chi connectivity index (χ2n) is 8.54. The molecule has 0 radical (unpaired) electrons. The van der Waals surface area contributed by atoms with Crippen LogP contribution in [0, 0.1) is 5.82 Å². The maximum absolute atomic E-state index is 14.2. The maximum Gasteiger partial charge on any atom is 0.419 e. The van der Waals surface area contributed by atoms with E-state index in [1.165, 1.54) is 11.2 Å². The lowest BCUT2D eigenvalue weighted by atomic mass is 9.78. The molecule has 12 heteroatoms. The van der Waals surface area contributed by atoms with Gasteiger partial charge in [0.2, 0.25) is 5.91 Å². The highest BCUT2D eigenvalue weighted by Crippen LogP contribution is 2.49. The van der Waals surface area contributed by atoms with Crippen molar-refractivity contribution in [3.05, 3.63) is 65.0 Å². The van der Waals surface area contributed by atoms with E-state index in [-0.39, 0.29) is 18.4 Å². The van der Waals surface area contributed by atoms with Crippen molar-refractivity contribution in [3.63, 3.8) is 0 Å². The Balaban J connectivity index is 1.85. The molecule has 0 spiro atoms. The maximum atomic E-state index is 14.2. The van der Waals surface area contributed by atoms with Crippen molar-refractivity contribution in [1.29, 1.82) is 0 Å². The van der Waals surface area contributed by atoms with Crippen LogP contribution in [0.2, 0.25) is 0 Å². The van der Waals surface area contributed by atoms with Crippen LogP contribution in [0.15, 0.2) is 42.5 Å². The van der Waals surface area contributed by atoms with E-state index in [4.69, 9.17) is 0 Å². The average Bonchev–Trinajstić information content (AvgIpc) is 3.19. The monoisotopic (exact) mass is 524 g/mol. The minimum absolute atomic E-state index is 0.0772. The van der Waals surface area contributed by atoms with E-state index >= 15 is 0 Å². The van der Waals surface area contributed by atoms with Gasteiger partial charge in [0.05, 0.1) is 11.6 Å². The van der Waals surface area contributed by atoms with Crippen LogP contribution in [0.25, 0.3) is 0 Å². The van der Waals surface area contributed by atoms with Crippen molar-refractivity contribution >= 4 is 22.4 Å². The number of carbonyl (C=O) groups excluding carboxylic acids is 1. The zero-order valence-corrected chi connectivity index (χ0v) is 19.6. The van der Waals surface area contributed by atoms with Crippen molar-refractivity contribution in [3.8, 4) is 0 Å². The zero-order chi connectivity index (χ0) is 26.2. The second kappa shape index (κ2) is 9.79. The van der Waals surface area contributed by atoms with Gasteiger partial charge in [-0.15, -0.1) is 0 Å². The molecular weight excluding hydrogens is 501 g/mol. The molecule has 1 aliphatic rings. The summed E-state index contributed by atoms with van der Waals surface area (Å²) < 4.78 is 107. The van der Waals surface area contributed by atoms with Crippen LogP contribution in [-0.2, 0) is 27.2 Å². The summed E-state index contributed by atoms with van der Waals surface area (Å²) in [5.74, 6) is -2.19. The Kier molecular flexibility index (Phi) is 7.54. The van der Waals surface area contributed by atoms with Crippen LogP contribution in [-0.4, -0.2) is 41.4 Å². The molecule has 4 nitrogen and oxygen atoms in total. The molecule has 3 rings (SSSR count). The molecule has 0 aromatic heterocycles. The van der Waals surface area contributed by atoms with E-state index in [0.717, 1.165) is 6.07 Å². The van der Waals surface area contributed by atoms with E-state index < -0.39 is 70.4 Å². The van der Waals surface area contributed by atoms with Crippen molar-refractivity contribution in [2.45, 2.75) is 37.2 Å². The molecule has 0 aliphatic carbocycles. The zero-order valence-electron chi connectivity index (χ0n) is 18.8. The fourth-order valence-electron chi connectivity index (χ4n) is 4.23. The van der Waals surface area contributed by atoms with Crippen LogP contribution in [0.4, 0.5) is 36.4 Å². The molecule has 0 saturated carbocycles. The number of amides is 1. The highest BCUT2D eigenvalue weighted by Gasteiger charge is 2.59. The van der Waals surface area contributed by atoms with Gasteiger partial charge in [-0.05, 0) is 48.7 Å².